The molecule has 2 aliphatic heterocycles. The summed E-state index contributed by atoms with van der Waals surface area (Å²) in [6.45, 7) is 2.96. The quantitative estimate of drug-likeness (QED) is 0.434. The number of hydrogen-bond donors (Lipinski definition) is 0. The van der Waals surface area contributed by atoms with E-state index < -0.39 is 0 Å². The van der Waals surface area contributed by atoms with Gasteiger partial charge in [0.05, 0.1) is 12.1 Å². The Morgan fingerprint density at radius 3 is 2.67 bits per heavy atom. The summed E-state index contributed by atoms with van der Waals surface area (Å²) in [5, 5.41) is 0. The Hall–Kier alpha value is -2.46. The maximum Gasteiger partial charge on any atom is 0.231 e. The highest BCUT2D eigenvalue weighted by Crippen LogP contribution is 2.37. The first-order chi connectivity index (χ1) is 14.6. The molecule has 0 saturated heterocycles. The number of benzene rings is 2. The fraction of sp³-hybridized carbons (Fsp3) is 0.462. The van der Waals surface area contributed by atoms with Crippen molar-refractivity contribution in [1.82, 2.24) is 4.90 Å². The smallest absolute Gasteiger partial charge is 0.231 e. The first kappa shape index (κ1) is 20.8. The molecule has 0 atom stereocenters. The van der Waals surface area contributed by atoms with E-state index in [1.165, 1.54) is 11.1 Å². The number of ketones is 1. The maximum absolute atomic E-state index is 12.7. The monoisotopic (exact) mass is 404 g/mol. The number of rotatable bonds is 10. The summed E-state index contributed by atoms with van der Waals surface area (Å²) >= 11 is 0. The SMILES string of the molecule is CN(CCCCCC(=O)c1cc2c3c(c1)CC(=O)N3CCC2)CCc1ccccc1. The molecule has 2 heterocycles. The number of aryl methyl sites for hydroxylation is 1. The molecule has 0 unspecified atom stereocenters. The summed E-state index contributed by atoms with van der Waals surface area (Å²) in [6.07, 6.45) is 7.24. The van der Waals surface area contributed by atoms with Crippen LogP contribution in [0.1, 0.15) is 59.2 Å². The zero-order valence-electron chi connectivity index (χ0n) is 18.0. The van der Waals surface area contributed by atoms with Crippen molar-refractivity contribution in [1.29, 1.82) is 0 Å². The second-order valence-corrected chi connectivity index (χ2v) is 8.74. The van der Waals surface area contributed by atoms with Crippen LogP contribution >= 0.6 is 0 Å². The van der Waals surface area contributed by atoms with Gasteiger partial charge in [-0.3, -0.25) is 9.59 Å². The number of nitrogens with zero attached hydrogens (tertiary/aromatic N) is 2. The number of likely N-dealkylation sites (N-methyl/N-ethyl adjacent to an activating group) is 1. The topological polar surface area (TPSA) is 40.6 Å². The summed E-state index contributed by atoms with van der Waals surface area (Å²) in [6, 6.07) is 14.6. The van der Waals surface area contributed by atoms with E-state index in [1.807, 2.05) is 17.0 Å². The summed E-state index contributed by atoms with van der Waals surface area (Å²) in [5.41, 5.74) is 5.53. The molecule has 0 aliphatic carbocycles. The second-order valence-electron chi connectivity index (χ2n) is 8.74. The lowest BCUT2D eigenvalue weighted by Gasteiger charge is -2.25. The predicted octanol–water partition coefficient (Wildman–Crippen LogP) is 4.44. The lowest BCUT2D eigenvalue weighted by atomic mass is 9.94. The molecular formula is C26H32N2O2. The summed E-state index contributed by atoms with van der Waals surface area (Å²) in [5.74, 6) is 0.412. The van der Waals surface area contributed by atoms with Crippen molar-refractivity contribution in [2.75, 3.05) is 31.6 Å². The molecule has 4 heteroatoms. The van der Waals surface area contributed by atoms with Gasteiger partial charge in [-0.15, -0.1) is 0 Å². The highest BCUT2D eigenvalue weighted by molar-refractivity contribution is 6.05. The third-order valence-electron chi connectivity index (χ3n) is 6.40. The minimum Gasteiger partial charge on any atom is -0.312 e. The van der Waals surface area contributed by atoms with Crippen molar-refractivity contribution in [2.45, 2.75) is 51.4 Å². The van der Waals surface area contributed by atoms with Gasteiger partial charge in [-0.1, -0.05) is 36.8 Å². The van der Waals surface area contributed by atoms with Gasteiger partial charge in [0.25, 0.3) is 0 Å². The minimum atomic E-state index is 0.187. The highest BCUT2D eigenvalue weighted by atomic mass is 16.2. The number of hydrogen-bond acceptors (Lipinski definition) is 3. The Kier molecular flexibility index (Phi) is 6.63. The van der Waals surface area contributed by atoms with Crippen LogP contribution in [0.2, 0.25) is 0 Å². The van der Waals surface area contributed by atoms with Crippen molar-refractivity contribution in [3.8, 4) is 0 Å². The Morgan fingerprint density at radius 1 is 1.03 bits per heavy atom. The first-order valence-electron chi connectivity index (χ1n) is 11.3. The Balaban J connectivity index is 1.20. The van der Waals surface area contributed by atoms with Gasteiger partial charge in [-0.05, 0) is 74.5 Å². The van der Waals surface area contributed by atoms with E-state index in [0.717, 1.165) is 75.0 Å². The van der Waals surface area contributed by atoms with Crippen molar-refractivity contribution in [2.24, 2.45) is 0 Å². The van der Waals surface area contributed by atoms with Crippen LogP contribution in [0, 0.1) is 0 Å². The lowest BCUT2D eigenvalue weighted by Crippen LogP contribution is -2.31. The molecule has 0 saturated carbocycles. The Bertz CT molecular complexity index is 907. The third-order valence-corrected chi connectivity index (χ3v) is 6.40. The largest absolute Gasteiger partial charge is 0.312 e. The molecule has 0 fully saturated rings. The van der Waals surface area contributed by atoms with Gasteiger partial charge < -0.3 is 9.80 Å². The van der Waals surface area contributed by atoms with E-state index in [-0.39, 0.29) is 11.7 Å². The number of unbranched alkanes of at least 4 members (excludes halogenated alkanes) is 2. The van der Waals surface area contributed by atoms with E-state index in [4.69, 9.17) is 0 Å². The number of anilines is 1. The summed E-state index contributed by atoms with van der Waals surface area (Å²) < 4.78 is 0. The van der Waals surface area contributed by atoms with Gasteiger partial charge in [0.1, 0.15) is 0 Å². The van der Waals surface area contributed by atoms with Gasteiger partial charge >= 0.3 is 0 Å². The van der Waals surface area contributed by atoms with Gasteiger partial charge in [-0.2, -0.15) is 0 Å². The standard InChI is InChI=1S/C26H32N2O2/c1-27(16-13-20-9-4-2-5-10-20)14-7-3-6-12-24(29)22-17-21-11-8-15-28-25(30)19-23(18-22)26(21)28/h2,4-5,9-10,17-18H,3,6-8,11-16,19H2,1H3. The molecule has 0 spiro atoms. The lowest BCUT2D eigenvalue weighted by molar-refractivity contribution is -0.117. The van der Waals surface area contributed by atoms with Crippen LogP contribution in [-0.2, 0) is 24.1 Å². The molecule has 158 valence electrons. The zero-order chi connectivity index (χ0) is 20.9. The fourth-order valence-corrected chi connectivity index (χ4v) is 4.71. The molecule has 4 nitrogen and oxygen atoms in total. The van der Waals surface area contributed by atoms with Crippen molar-refractivity contribution in [3.63, 3.8) is 0 Å². The molecule has 0 radical (unpaired) electrons. The molecule has 0 N–H and O–H groups in total. The normalized spacial score (nSPS) is 15.0. The van der Waals surface area contributed by atoms with Crippen LogP contribution in [0.4, 0.5) is 5.69 Å². The molecule has 0 aromatic heterocycles. The van der Waals surface area contributed by atoms with E-state index in [1.54, 1.807) is 0 Å². The molecule has 30 heavy (non-hydrogen) atoms. The van der Waals surface area contributed by atoms with E-state index >= 15 is 0 Å². The van der Waals surface area contributed by atoms with E-state index in [0.29, 0.717) is 12.8 Å². The number of amides is 1. The molecule has 2 aromatic carbocycles. The summed E-state index contributed by atoms with van der Waals surface area (Å²) in [7, 11) is 2.18. The third kappa shape index (κ3) is 4.81. The average molecular weight is 405 g/mol. The fourth-order valence-electron chi connectivity index (χ4n) is 4.71. The number of carbonyl (C=O) groups excluding carboxylic acids is 2. The van der Waals surface area contributed by atoms with Gasteiger partial charge in [0.2, 0.25) is 5.91 Å². The number of Topliss-reactive ketones (excluding diaryl/α,β-unsaturated/α-hetero) is 1. The molecule has 4 rings (SSSR count). The molecular weight excluding hydrogens is 372 g/mol. The van der Waals surface area contributed by atoms with Gasteiger partial charge in [0.15, 0.2) is 5.78 Å². The first-order valence-corrected chi connectivity index (χ1v) is 11.3. The molecule has 0 bridgehead atoms. The van der Waals surface area contributed by atoms with Crippen molar-refractivity contribution < 1.29 is 9.59 Å². The summed E-state index contributed by atoms with van der Waals surface area (Å²) in [4.78, 5) is 29.2. The second kappa shape index (κ2) is 9.57. The van der Waals surface area contributed by atoms with Gasteiger partial charge in [0, 0.05) is 25.1 Å². The molecule has 2 aromatic rings. The minimum absolute atomic E-state index is 0.187. The van der Waals surface area contributed by atoms with Gasteiger partial charge in [-0.25, -0.2) is 0 Å². The Morgan fingerprint density at radius 2 is 1.83 bits per heavy atom. The predicted molar refractivity (Wildman–Crippen MR) is 121 cm³/mol. The van der Waals surface area contributed by atoms with E-state index in [9.17, 15) is 9.59 Å². The maximum atomic E-state index is 12.7. The number of carbonyl (C=O) groups is 2. The van der Waals surface area contributed by atoms with Crippen LogP contribution in [0.3, 0.4) is 0 Å². The average Bonchev–Trinajstić information content (AvgIpc) is 3.09. The molecule has 2 aliphatic rings. The Labute approximate surface area is 179 Å². The highest BCUT2D eigenvalue weighted by Gasteiger charge is 2.32. The van der Waals surface area contributed by atoms with Crippen LogP contribution in [0.15, 0.2) is 42.5 Å². The van der Waals surface area contributed by atoms with Crippen LogP contribution in [0.25, 0.3) is 0 Å². The van der Waals surface area contributed by atoms with Crippen molar-refractivity contribution in [3.05, 3.63) is 64.7 Å². The molecule has 1 amide bonds. The van der Waals surface area contributed by atoms with Crippen LogP contribution in [0.5, 0.6) is 0 Å². The van der Waals surface area contributed by atoms with Crippen LogP contribution < -0.4 is 4.90 Å². The zero-order valence-corrected chi connectivity index (χ0v) is 18.0. The van der Waals surface area contributed by atoms with E-state index in [2.05, 4.69) is 42.3 Å². The van der Waals surface area contributed by atoms with Crippen molar-refractivity contribution >= 4 is 17.4 Å². The van der Waals surface area contributed by atoms with Crippen LogP contribution in [-0.4, -0.2) is 43.3 Å².